The summed E-state index contributed by atoms with van der Waals surface area (Å²) in [6.45, 7) is 5.11. The normalized spacial score (nSPS) is 15.2. The second kappa shape index (κ2) is 13.0. The lowest BCUT2D eigenvalue weighted by atomic mass is 9.96. The molecule has 0 aliphatic heterocycles. The summed E-state index contributed by atoms with van der Waals surface area (Å²) in [5.74, 6) is 1.33. The zero-order valence-corrected chi connectivity index (χ0v) is 18.6. The van der Waals surface area contributed by atoms with Gasteiger partial charge in [0.2, 0.25) is 5.91 Å². The highest BCUT2D eigenvalue weighted by Gasteiger charge is 2.16. The number of methoxy groups -OCH3 is 1. The van der Waals surface area contributed by atoms with Gasteiger partial charge in [-0.3, -0.25) is 4.79 Å². The van der Waals surface area contributed by atoms with E-state index in [1.807, 2.05) is 25.1 Å². The van der Waals surface area contributed by atoms with Crippen LogP contribution in [0.4, 0.5) is 4.79 Å². The van der Waals surface area contributed by atoms with Crippen molar-refractivity contribution in [2.24, 2.45) is 0 Å². The Labute approximate surface area is 180 Å². The minimum atomic E-state index is -0.144. The van der Waals surface area contributed by atoms with Gasteiger partial charge in [0.15, 0.2) is 11.5 Å². The van der Waals surface area contributed by atoms with Gasteiger partial charge in [-0.2, -0.15) is 0 Å². The van der Waals surface area contributed by atoms with Crippen molar-refractivity contribution in [1.82, 2.24) is 16.0 Å². The fourth-order valence-electron chi connectivity index (χ4n) is 3.62. The molecule has 1 fully saturated rings. The van der Waals surface area contributed by atoms with Gasteiger partial charge >= 0.3 is 6.03 Å². The highest BCUT2D eigenvalue weighted by molar-refractivity contribution is 5.77. The molecule has 1 atom stereocenters. The molecule has 7 heteroatoms. The van der Waals surface area contributed by atoms with Crippen molar-refractivity contribution in [2.45, 2.75) is 77.3 Å². The summed E-state index contributed by atoms with van der Waals surface area (Å²) in [5.41, 5.74) is 0.953. The van der Waals surface area contributed by atoms with Crippen LogP contribution >= 0.6 is 0 Å². The van der Waals surface area contributed by atoms with Crippen molar-refractivity contribution in [2.75, 3.05) is 20.3 Å². The first-order chi connectivity index (χ1) is 14.5. The highest BCUT2D eigenvalue weighted by Crippen LogP contribution is 2.30. The number of hydrogen-bond donors (Lipinski definition) is 3. The van der Waals surface area contributed by atoms with E-state index in [0.717, 1.165) is 24.8 Å². The van der Waals surface area contributed by atoms with Crippen LogP contribution < -0.4 is 25.4 Å². The molecule has 1 unspecified atom stereocenters. The van der Waals surface area contributed by atoms with Gasteiger partial charge in [0, 0.05) is 19.0 Å². The van der Waals surface area contributed by atoms with Crippen LogP contribution in [-0.4, -0.2) is 38.2 Å². The molecule has 3 N–H and O–H groups in total. The molecule has 0 spiro atoms. The fraction of sp³-hybridized carbons (Fsp3) is 0.652. The second-order valence-corrected chi connectivity index (χ2v) is 7.89. The van der Waals surface area contributed by atoms with Gasteiger partial charge in [-0.05, 0) is 50.3 Å². The average molecular weight is 420 g/mol. The van der Waals surface area contributed by atoms with E-state index in [4.69, 9.17) is 9.47 Å². The minimum Gasteiger partial charge on any atom is -0.493 e. The van der Waals surface area contributed by atoms with E-state index in [-0.39, 0.29) is 18.0 Å². The molecule has 3 amide bonds. The van der Waals surface area contributed by atoms with Crippen molar-refractivity contribution in [3.8, 4) is 11.5 Å². The van der Waals surface area contributed by atoms with Crippen LogP contribution in [0.5, 0.6) is 11.5 Å². The Bertz CT molecular complexity index is 674. The molecule has 7 nitrogen and oxygen atoms in total. The van der Waals surface area contributed by atoms with Crippen LogP contribution in [0.3, 0.4) is 0 Å². The molecule has 0 saturated heterocycles. The van der Waals surface area contributed by atoms with Crippen LogP contribution in [0, 0.1) is 0 Å². The first-order valence-electron chi connectivity index (χ1n) is 11.2. The monoisotopic (exact) mass is 419 g/mol. The summed E-state index contributed by atoms with van der Waals surface area (Å²) in [4.78, 5) is 24.2. The molecule has 0 aromatic heterocycles. The second-order valence-electron chi connectivity index (χ2n) is 7.89. The van der Waals surface area contributed by atoms with Crippen LogP contribution in [0.25, 0.3) is 0 Å². The van der Waals surface area contributed by atoms with E-state index in [1.54, 1.807) is 7.11 Å². The number of nitrogens with one attached hydrogen (secondary N) is 3. The SMILES string of the molecule is CCCOc1ccc(C(C)NC(=O)CCCNC(=O)NC2CCCCC2)cc1OC. The predicted molar refractivity (Wildman–Crippen MR) is 118 cm³/mol. The first-order valence-corrected chi connectivity index (χ1v) is 11.2. The lowest BCUT2D eigenvalue weighted by Crippen LogP contribution is -2.43. The van der Waals surface area contributed by atoms with Crippen LogP contribution in [0.15, 0.2) is 18.2 Å². The average Bonchev–Trinajstić information content (AvgIpc) is 2.75. The largest absolute Gasteiger partial charge is 0.493 e. The van der Waals surface area contributed by atoms with Crippen LogP contribution in [0.2, 0.25) is 0 Å². The van der Waals surface area contributed by atoms with E-state index in [2.05, 4.69) is 22.9 Å². The highest BCUT2D eigenvalue weighted by atomic mass is 16.5. The number of hydrogen-bond acceptors (Lipinski definition) is 4. The number of carbonyl (C=O) groups is 2. The van der Waals surface area contributed by atoms with E-state index >= 15 is 0 Å². The van der Waals surface area contributed by atoms with Crippen LogP contribution in [0.1, 0.15) is 76.8 Å². The number of urea groups is 1. The molecule has 168 valence electrons. The third kappa shape index (κ3) is 8.13. The van der Waals surface area contributed by atoms with Crippen molar-refractivity contribution in [1.29, 1.82) is 0 Å². The molecule has 0 radical (unpaired) electrons. The molecular formula is C23H37N3O4. The summed E-state index contributed by atoms with van der Waals surface area (Å²) in [7, 11) is 1.61. The molecule has 1 aliphatic rings. The molecule has 0 heterocycles. The van der Waals surface area contributed by atoms with Crippen molar-refractivity contribution in [3.63, 3.8) is 0 Å². The third-order valence-corrected chi connectivity index (χ3v) is 5.33. The molecule has 2 rings (SSSR count). The number of benzene rings is 1. The van der Waals surface area contributed by atoms with Gasteiger partial charge in [0.1, 0.15) is 0 Å². The van der Waals surface area contributed by atoms with E-state index in [0.29, 0.717) is 43.5 Å². The Kier molecular flexibility index (Phi) is 10.3. The molecule has 1 aromatic rings. The van der Waals surface area contributed by atoms with Gasteiger partial charge < -0.3 is 25.4 Å². The Morgan fingerprint density at radius 2 is 1.93 bits per heavy atom. The standard InChI is InChI=1S/C23H37N3O4/c1-4-15-30-20-13-12-18(16-21(20)29-3)17(2)25-22(27)11-8-14-24-23(28)26-19-9-6-5-7-10-19/h12-13,16-17,19H,4-11,14-15H2,1-3H3,(H,25,27)(H2,24,26,28). The molecule has 30 heavy (non-hydrogen) atoms. The predicted octanol–water partition coefficient (Wildman–Crippen LogP) is 4.07. The Morgan fingerprint density at radius 3 is 2.63 bits per heavy atom. The Morgan fingerprint density at radius 1 is 1.17 bits per heavy atom. The zero-order chi connectivity index (χ0) is 21.8. The lowest BCUT2D eigenvalue weighted by molar-refractivity contribution is -0.121. The molecule has 0 bridgehead atoms. The van der Waals surface area contributed by atoms with E-state index in [1.165, 1.54) is 19.3 Å². The summed E-state index contributed by atoms with van der Waals surface area (Å²) >= 11 is 0. The maximum absolute atomic E-state index is 12.3. The topological polar surface area (TPSA) is 88.7 Å². The van der Waals surface area contributed by atoms with E-state index < -0.39 is 0 Å². The van der Waals surface area contributed by atoms with Gasteiger partial charge in [0.05, 0.1) is 19.8 Å². The number of amides is 3. The maximum Gasteiger partial charge on any atom is 0.315 e. The summed E-state index contributed by atoms with van der Waals surface area (Å²) in [6, 6.07) is 5.73. The Balaban J connectivity index is 1.69. The molecule has 1 aromatic carbocycles. The van der Waals surface area contributed by atoms with Gasteiger partial charge in [-0.15, -0.1) is 0 Å². The fourth-order valence-corrected chi connectivity index (χ4v) is 3.62. The van der Waals surface area contributed by atoms with Gasteiger partial charge in [-0.1, -0.05) is 32.3 Å². The number of carbonyl (C=O) groups excluding carboxylic acids is 2. The summed E-state index contributed by atoms with van der Waals surface area (Å²) in [5, 5.41) is 8.86. The summed E-state index contributed by atoms with van der Waals surface area (Å²) in [6.07, 6.45) is 7.64. The zero-order valence-electron chi connectivity index (χ0n) is 18.6. The lowest BCUT2D eigenvalue weighted by Gasteiger charge is -2.22. The Hall–Kier alpha value is -2.44. The van der Waals surface area contributed by atoms with Crippen molar-refractivity contribution >= 4 is 11.9 Å². The van der Waals surface area contributed by atoms with Crippen molar-refractivity contribution < 1.29 is 19.1 Å². The quantitative estimate of drug-likeness (QED) is 0.472. The number of rotatable bonds is 11. The minimum absolute atomic E-state index is 0.0396. The van der Waals surface area contributed by atoms with Crippen molar-refractivity contribution in [3.05, 3.63) is 23.8 Å². The maximum atomic E-state index is 12.3. The third-order valence-electron chi connectivity index (χ3n) is 5.33. The molecule has 1 saturated carbocycles. The van der Waals surface area contributed by atoms with Gasteiger partial charge in [0.25, 0.3) is 0 Å². The first kappa shape index (κ1) is 23.8. The van der Waals surface area contributed by atoms with Gasteiger partial charge in [-0.25, -0.2) is 4.79 Å². The molecule has 1 aliphatic carbocycles. The molecular weight excluding hydrogens is 382 g/mol. The number of ether oxygens (including phenoxy) is 2. The van der Waals surface area contributed by atoms with E-state index in [9.17, 15) is 9.59 Å². The smallest absolute Gasteiger partial charge is 0.315 e. The summed E-state index contributed by atoms with van der Waals surface area (Å²) < 4.78 is 11.1. The van der Waals surface area contributed by atoms with Crippen LogP contribution in [-0.2, 0) is 4.79 Å².